The number of nitrogens with zero attached hydrogens (tertiary/aromatic N) is 3. The Morgan fingerprint density at radius 2 is 1.83 bits per heavy atom. The molecule has 12 heavy (non-hydrogen) atoms. The summed E-state index contributed by atoms with van der Waals surface area (Å²) in [6, 6.07) is 1.86. The van der Waals surface area contributed by atoms with Crippen molar-refractivity contribution in [2.75, 3.05) is 18.0 Å². The van der Waals surface area contributed by atoms with Crippen LogP contribution >= 0.6 is 0 Å². The molecule has 0 amide bonds. The first-order valence-corrected chi connectivity index (χ1v) is 4.45. The molecule has 2 aliphatic rings. The Balaban J connectivity index is 1.82. The summed E-state index contributed by atoms with van der Waals surface area (Å²) in [5.41, 5.74) is 0. The van der Waals surface area contributed by atoms with Crippen LogP contribution in [-0.2, 0) is 0 Å². The van der Waals surface area contributed by atoms with E-state index in [-0.39, 0.29) is 0 Å². The van der Waals surface area contributed by atoms with Crippen molar-refractivity contribution in [1.29, 1.82) is 0 Å². The molecule has 2 unspecified atom stereocenters. The zero-order chi connectivity index (χ0) is 7.97. The molecule has 62 valence electrons. The molecule has 2 atom stereocenters. The fourth-order valence-corrected chi connectivity index (χ4v) is 2.02. The third kappa shape index (κ3) is 0.891. The molecule has 2 heterocycles. The Morgan fingerprint density at radius 3 is 2.50 bits per heavy atom. The highest BCUT2D eigenvalue weighted by molar-refractivity contribution is 5.33. The number of piperidine rings is 1. The summed E-state index contributed by atoms with van der Waals surface area (Å²) < 4.78 is 0. The SMILES string of the molecule is c1cnc(N2CC3CC3C2)nc1. The van der Waals surface area contributed by atoms with Gasteiger partial charge in [0.1, 0.15) is 0 Å². The zero-order valence-corrected chi connectivity index (χ0v) is 6.85. The second-order valence-electron chi connectivity index (χ2n) is 3.71. The van der Waals surface area contributed by atoms with Crippen LogP contribution in [0.25, 0.3) is 0 Å². The fourth-order valence-electron chi connectivity index (χ4n) is 2.02. The Labute approximate surface area is 71.4 Å². The first-order chi connectivity index (χ1) is 5.93. The number of hydrogen-bond donors (Lipinski definition) is 0. The molecule has 2 fully saturated rings. The van der Waals surface area contributed by atoms with E-state index in [1.165, 1.54) is 19.5 Å². The normalized spacial score (nSPS) is 31.8. The van der Waals surface area contributed by atoms with Crippen LogP contribution in [-0.4, -0.2) is 23.1 Å². The highest BCUT2D eigenvalue weighted by atomic mass is 15.3. The van der Waals surface area contributed by atoms with Gasteiger partial charge in [0.25, 0.3) is 0 Å². The lowest BCUT2D eigenvalue weighted by Gasteiger charge is -2.16. The lowest BCUT2D eigenvalue weighted by molar-refractivity contribution is 0.787. The second-order valence-corrected chi connectivity index (χ2v) is 3.71. The van der Waals surface area contributed by atoms with Gasteiger partial charge in [0, 0.05) is 25.5 Å². The summed E-state index contributed by atoms with van der Waals surface area (Å²) in [4.78, 5) is 10.8. The summed E-state index contributed by atoms with van der Waals surface area (Å²) in [7, 11) is 0. The van der Waals surface area contributed by atoms with E-state index in [1.54, 1.807) is 0 Å². The largest absolute Gasteiger partial charge is 0.340 e. The molecule has 0 bridgehead atoms. The summed E-state index contributed by atoms with van der Waals surface area (Å²) in [5.74, 6) is 2.81. The maximum Gasteiger partial charge on any atom is 0.225 e. The van der Waals surface area contributed by atoms with Crippen LogP contribution in [0, 0.1) is 11.8 Å². The van der Waals surface area contributed by atoms with Gasteiger partial charge in [-0.25, -0.2) is 9.97 Å². The molecule has 1 aliphatic carbocycles. The molecular weight excluding hydrogens is 150 g/mol. The van der Waals surface area contributed by atoms with Crippen LogP contribution in [0.5, 0.6) is 0 Å². The standard InChI is InChI=1S/C9H11N3/c1-2-10-9(11-3-1)12-5-7-4-8(7)6-12/h1-3,7-8H,4-6H2. The van der Waals surface area contributed by atoms with Gasteiger partial charge >= 0.3 is 0 Å². The van der Waals surface area contributed by atoms with Crippen molar-refractivity contribution in [2.24, 2.45) is 11.8 Å². The lowest BCUT2D eigenvalue weighted by atomic mass is 10.4. The smallest absolute Gasteiger partial charge is 0.225 e. The first kappa shape index (κ1) is 6.40. The lowest BCUT2D eigenvalue weighted by Crippen LogP contribution is -2.23. The molecule has 1 saturated heterocycles. The van der Waals surface area contributed by atoms with Crippen molar-refractivity contribution >= 4 is 5.95 Å². The third-order valence-corrected chi connectivity index (χ3v) is 2.81. The molecule has 1 aromatic heterocycles. The topological polar surface area (TPSA) is 29.0 Å². The molecule has 3 nitrogen and oxygen atoms in total. The Kier molecular flexibility index (Phi) is 1.17. The van der Waals surface area contributed by atoms with Crippen molar-refractivity contribution in [2.45, 2.75) is 6.42 Å². The molecule has 0 N–H and O–H groups in total. The van der Waals surface area contributed by atoms with E-state index in [0.717, 1.165) is 17.8 Å². The second kappa shape index (κ2) is 2.19. The maximum atomic E-state index is 4.23. The number of hydrogen-bond acceptors (Lipinski definition) is 3. The Morgan fingerprint density at radius 1 is 1.17 bits per heavy atom. The predicted molar refractivity (Wildman–Crippen MR) is 45.8 cm³/mol. The minimum Gasteiger partial charge on any atom is -0.340 e. The first-order valence-electron chi connectivity index (χ1n) is 4.45. The maximum absolute atomic E-state index is 4.23. The van der Waals surface area contributed by atoms with Gasteiger partial charge in [-0.1, -0.05) is 0 Å². The van der Waals surface area contributed by atoms with E-state index in [9.17, 15) is 0 Å². The molecule has 3 rings (SSSR count). The third-order valence-electron chi connectivity index (χ3n) is 2.81. The van der Waals surface area contributed by atoms with Crippen LogP contribution < -0.4 is 4.90 Å². The predicted octanol–water partition coefficient (Wildman–Crippen LogP) is 0.933. The van der Waals surface area contributed by atoms with E-state index in [1.807, 2.05) is 18.5 Å². The molecule has 3 heteroatoms. The highest BCUT2D eigenvalue weighted by Gasteiger charge is 2.45. The van der Waals surface area contributed by atoms with Gasteiger partial charge < -0.3 is 4.90 Å². The number of anilines is 1. The van der Waals surface area contributed by atoms with Gasteiger partial charge in [0.15, 0.2) is 0 Å². The van der Waals surface area contributed by atoms with Gasteiger partial charge in [-0.2, -0.15) is 0 Å². The summed E-state index contributed by atoms with van der Waals surface area (Å²) in [6.45, 7) is 2.35. The van der Waals surface area contributed by atoms with Crippen LogP contribution in [0.3, 0.4) is 0 Å². The minimum atomic E-state index is 0.907. The van der Waals surface area contributed by atoms with E-state index in [4.69, 9.17) is 0 Å². The van der Waals surface area contributed by atoms with E-state index in [2.05, 4.69) is 14.9 Å². The van der Waals surface area contributed by atoms with E-state index in [0.29, 0.717) is 0 Å². The van der Waals surface area contributed by atoms with Crippen LogP contribution in [0.15, 0.2) is 18.5 Å². The van der Waals surface area contributed by atoms with Gasteiger partial charge in [0.05, 0.1) is 0 Å². The van der Waals surface area contributed by atoms with Gasteiger partial charge in [-0.3, -0.25) is 0 Å². The summed E-state index contributed by atoms with van der Waals surface area (Å²) in [6.07, 6.45) is 5.06. The summed E-state index contributed by atoms with van der Waals surface area (Å²) >= 11 is 0. The Bertz CT molecular complexity index is 275. The molecule has 1 aromatic rings. The van der Waals surface area contributed by atoms with Crippen molar-refractivity contribution < 1.29 is 0 Å². The number of rotatable bonds is 1. The van der Waals surface area contributed by atoms with Gasteiger partial charge in [-0.05, 0) is 24.3 Å². The molecule has 0 spiro atoms. The molecule has 0 radical (unpaired) electrons. The Hall–Kier alpha value is -1.12. The van der Waals surface area contributed by atoms with Crippen molar-refractivity contribution in [3.63, 3.8) is 0 Å². The zero-order valence-electron chi connectivity index (χ0n) is 6.85. The van der Waals surface area contributed by atoms with E-state index >= 15 is 0 Å². The minimum absolute atomic E-state index is 0.907. The van der Waals surface area contributed by atoms with Crippen molar-refractivity contribution in [3.8, 4) is 0 Å². The van der Waals surface area contributed by atoms with Crippen molar-refractivity contribution in [3.05, 3.63) is 18.5 Å². The van der Waals surface area contributed by atoms with E-state index < -0.39 is 0 Å². The van der Waals surface area contributed by atoms with Crippen LogP contribution in [0.4, 0.5) is 5.95 Å². The van der Waals surface area contributed by atoms with Gasteiger partial charge in [-0.15, -0.1) is 0 Å². The number of aromatic nitrogens is 2. The molecule has 0 aromatic carbocycles. The van der Waals surface area contributed by atoms with Gasteiger partial charge in [0.2, 0.25) is 5.95 Å². The van der Waals surface area contributed by atoms with Crippen molar-refractivity contribution in [1.82, 2.24) is 9.97 Å². The molecule has 1 saturated carbocycles. The monoisotopic (exact) mass is 161 g/mol. The average molecular weight is 161 g/mol. The van der Waals surface area contributed by atoms with Crippen LogP contribution in [0.1, 0.15) is 6.42 Å². The molecule has 1 aliphatic heterocycles. The fraction of sp³-hybridized carbons (Fsp3) is 0.556. The number of fused-ring (bicyclic) bond motifs is 1. The molecular formula is C9H11N3. The average Bonchev–Trinajstić information content (AvgIpc) is 2.75. The summed E-state index contributed by atoms with van der Waals surface area (Å²) in [5, 5.41) is 0. The highest BCUT2D eigenvalue weighted by Crippen LogP contribution is 2.45. The van der Waals surface area contributed by atoms with Crippen LogP contribution in [0.2, 0.25) is 0 Å². The quantitative estimate of drug-likeness (QED) is 0.613.